The molecule has 1 aromatic heterocycles. The van der Waals surface area contributed by atoms with Crippen LogP contribution in [0.5, 0.6) is 0 Å². The summed E-state index contributed by atoms with van der Waals surface area (Å²) in [6, 6.07) is 10.6. The predicted octanol–water partition coefficient (Wildman–Crippen LogP) is 3.56. The lowest BCUT2D eigenvalue weighted by atomic mass is 10.1. The van der Waals surface area contributed by atoms with E-state index in [0.717, 1.165) is 33.0 Å². The van der Waals surface area contributed by atoms with Gasteiger partial charge in [-0.25, -0.2) is 18.5 Å². The van der Waals surface area contributed by atoms with Crippen LogP contribution in [0.4, 0.5) is 5.69 Å². The molecule has 0 saturated heterocycles. The highest BCUT2D eigenvalue weighted by Crippen LogP contribution is 2.24. The third kappa shape index (κ3) is 4.64. The van der Waals surface area contributed by atoms with Crippen molar-refractivity contribution < 1.29 is 13.2 Å². The van der Waals surface area contributed by atoms with E-state index in [1.165, 1.54) is 12.1 Å². The standard InChI is InChI=1S/C20H21N3O3S2/c1-12-8-17(28(21,25)26)10-18(13(12)2)23-20(24)9-15-4-6-16(7-5-15)19-11-27-14(3)22-19/h4-8,10-11H,9H2,1-3H3,(H,23,24)(H2,21,25,26). The monoisotopic (exact) mass is 415 g/mol. The number of thiazole rings is 1. The van der Waals surface area contributed by atoms with E-state index in [2.05, 4.69) is 10.3 Å². The molecule has 3 aromatic rings. The van der Waals surface area contributed by atoms with Gasteiger partial charge in [0.15, 0.2) is 0 Å². The van der Waals surface area contributed by atoms with Crippen molar-refractivity contribution in [3.8, 4) is 11.3 Å². The van der Waals surface area contributed by atoms with E-state index in [0.29, 0.717) is 5.69 Å². The van der Waals surface area contributed by atoms with Gasteiger partial charge in [0.2, 0.25) is 15.9 Å². The van der Waals surface area contributed by atoms with Crippen LogP contribution in [0, 0.1) is 20.8 Å². The smallest absolute Gasteiger partial charge is 0.238 e. The average Bonchev–Trinajstić information content (AvgIpc) is 3.05. The maximum Gasteiger partial charge on any atom is 0.238 e. The molecule has 0 radical (unpaired) electrons. The fraction of sp³-hybridized carbons (Fsp3) is 0.200. The summed E-state index contributed by atoms with van der Waals surface area (Å²) in [5.74, 6) is -0.230. The van der Waals surface area contributed by atoms with Crippen LogP contribution in [0.2, 0.25) is 0 Å². The maximum atomic E-state index is 12.5. The van der Waals surface area contributed by atoms with E-state index in [9.17, 15) is 13.2 Å². The van der Waals surface area contributed by atoms with E-state index in [1.54, 1.807) is 18.3 Å². The number of nitrogens with zero attached hydrogens (tertiary/aromatic N) is 1. The Balaban J connectivity index is 1.75. The number of hydrogen-bond donors (Lipinski definition) is 2. The Labute approximate surface area is 168 Å². The van der Waals surface area contributed by atoms with Crippen LogP contribution in [0.25, 0.3) is 11.3 Å². The van der Waals surface area contributed by atoms with E-state index in [1.807, 2.05) is 43.5 Å². The summed E-state index contributed by atoms with van der Waals surface area (Å²) in [5.41, 5.74) is 4.76. The third-order valence-electron chi connectivity index (χ3n) is 4.48. The molecule has 0 saturated carbocycles. The predicted molar refractivity (Wildman–Crippen MR) is 112 cm³/mol. The zero-order valence-corrected chi connectivity index (χ0v) is 17.4. The Hall–Kier alpha value is -2.55. The van der Waals surface area contributed by atoms with Crippen LogP contribution in [-0.2, 0) is 21.2 Å². The molecule has 0 aliphatic carbocycles. The largest absolute Gasteiger partial charge is 0.326 e. The van der Waals surface area contributed by atoms with Gasteiger partial charge in [0.1, 0.15) is 0 Å². The van der Waals surface area contributed by atoms with Gasteiger partial charge in [-0.3, -0.25) is 4.79 Å². The lowest BCUT2D eigenvalue weighted by Crippen LogP contribution is -2.17. The van der Waals surface area contributed by atoms with Crippen molar-refractivity contribution in [3.63, 3.8) is 0 Å². The molecule has 0 aliphatic rings. The van der Waals surface area contributed by atoms with Crippen LogP contribution in [0.1, 0.15) is 21.7 Å². The molecule has 8 heteroatoms. The number of carbonyl (C=O) groups excluding carboxylic acids is 1. The van der Waals surface area contributed by atoms with Crippen molar-refractivity contribution in [1.29, 1.82) is 0 Å². The molecule has 0 fully saturated rings. The number of rotatable bonds is 5. The third-order valence-corrected chi connectivity index (χ3v) is 6.14. The first-order valence-corrected chi connectivity index (χ1v) is 11.0. The van der Waals surface area contributed by atoms with Gasteiger partial charge in [0, 0.05) is 16.6 Å². The van der Waals surface area contributed by atoms with E-state index >= 15 is 0 Å². The van der Waals surface area contributed by atoms with Crippen LogP contribution in [0.15, 0.2) is 46.7 Å². The van der Waals surface area contributed by atoms with Crippen LogP contribution in [0.3, 0.4) is 0 Å². The number of nitrogens with one attached hydrogen (secondary N) is 1. The fourth-order valence-electron chi connectivity index (χ4n) is 2.79. The van der Waals surface area contributed by atoms with Gasteiger partial charge < -0.3 is 5.32 Å². The molecule has 0 unspecified atom stereocenters. The first kappa shape index (κ1) is 20.2. The molecule has 0 spiro atoms. The maximum absolute atomic E-state index is 12.5. The molecule has 1 heterocycles. The Morgan fingerprint density at radius 2 is 1.82 bits per heavy atom. The summed E-state index contributed by atoms with van der Waals surface area (Å²) >= 11 is 1.59. The Kier molecular flexibility index (Phi) is 5.64. The van der Waals surface area contributed by atoms with Gasteiger partial charge >= 0.3 is 0 Å². The van der Waals surface area contributed by atoms with Gasteiger partial charge in [0.25, 0.3) is 0 Å². The highest BCUT2D eigenvalue weighted by molar-refractivity contribution is 7.89. The van der Waals surface area contributed by atoms with Crippen molar-refractivity contribution in [3.05, 3.63) is 63.5 Å². The second kappa shape index (κ2) is 7.83. The molecular weight excluding hydrogens is 394 g/mol. The molecule has 6 nitrogen and oxygen atoms in total. The van der Waals surface area contributed by atoms with Gasteiger partial charge in [-0.15, -0.1) is 11.3 Å². The number of benzene rings is 2. The van der Waals surface area contributed by atoms with Crippen LogP contribution >= 0.6 is 11.3 Å². The number of nitrogens with two attached hydrogens (primary N) is 1. The topological polar surface area (TPSA) is 102 Å². The van der Waals surface area contributed by atoms with E-state index < -0.39 is 10.0 Å². The molecular formula is C20H21N3O3S2. The highest BCUT2D eigenvalue weighted by Gasteiger charge is 2.14. The summed E-state index contributed by atoms with van der Waals surface area (Å²) in [4.78, 5) is 16.9. The summed E-state index contributed by atoms with van der Waals surface area (Å²) in [6.07, 6.45) is 0.175. The highest BCUT2D eigenvalue weighted by atomic mass is 32.2. The summed E-state index contributed by atoms with van der Waals surface area (Å²) < 4.78 is 23.3. The van der Waals surface area contributed by atoms with Crippen molar-refractivity contribution in [2.24, 2.45) is 5.14 Å². The first-order chi connectivity index (χ1) is 13.1. The van der Waals surface area contributed by atoms with Gasteiger partial charge in [-0.05, 0) is 49.6 Å². The number of aromatic nitrogens is 1. The normalized spacial score (nSPS) is 11.4. The summed E-state index contributed by atoms with van der Waals surface area (Å²) in [7, 11) is -3.85. The van der Waals surface area contributed by atoms with Crippen molar-refractivity contribution >= 4 is 33.0 Å². The van der Waals surface area contributed by atoms with Crippen molar-refractivity contribution in [2.75, 3.05) is 5.32 Å². The van der Waals surface area contributed by atoms with Gasteiger partial charge in [-0.1, -0.05) is 24.3 Å². The van der Waals surface area contributed by atoms with Crippen molar-refractivity contribution in [2.45, 2.75) is 32.1 Å². The number of aryl methyl sites for hydroxylation is 2. The lowest BCUT2D eigenvalue weighted by molar-refractivity contribution is -0.115. The lowest BCUT2D eigenvalue weighted by Gasteiger charge is -2.13. The minimum Gasteiger partial charge on any atom is -0.326 e. The van der Waals surface area contributed by atoms with Gasteiger partial charge in [-0.2, -0.15) is 0 Å². The minimum atomic E-state index is -3.85. The van der Waals surface area contributed by atoms with E-state index in [-0.39, 0.29) is 17.2 Å². The Morgan fingerprint density at radius 3 is 2.39 bits per heavy atom. The molecule has 0 aliphatic heterocycles. The summed E-state index contributed by atoms with van der Waals surface area (Å²) in [6.45, 7) is 5.56. The van der Waals surface area contributed by atoms with Crippen molar-refractivity contribution in [1.82, 2.24) is 4.98 Å². The second-order valence-electron chi connectivity index (χ2n) is 6.63. The minimum absolute atomic E-state index is 0.0196. The Morgan fingerprint density at radius 1 is 1.14 bits per heavy atom. The number of primary sulfonamides is 1. The molecule has 1 amide bonds. The zero-order chi connectivity index (χ0) is 20.5. The average molecular weight is 416 g/mol. The number of carbonyl (C=O) groups is 1. The number of anilines is 1. The Bertz CT molecular complexity index is 1130. The number of sulfonamides is 1. The molecule has 0 bridgehead atoms. The van der Waals surface area contributed by atoms with Crippen LogP contribution in [-0.4, -0.2) is 19.3 Å². The second-order valence-corrected chi connectivity index (χ2v) is 9.26. The van der Waals surface area contributed by atoms with Gasteiger partial charge in [0.05, 0.1) is 22.0 Å². The molecule has 0 atom stereocenters. The SMILES string of the molecule is Cc1nc(-c2ccc(CC(=O)Nc3cc(S(N)(=O)=O)cc(C)c3C)cc2)cs1. The number of hydrogen-bond acceptors (Lipinski definition) is 5. The fourth-order valence-corrected chi connectivity index (χ4v) is 4.03. The number of amides is 1. The zero-order valence-electron chi connectivity index (χ0n) is 15.8. The summed E-state index contributed by atoms with van der Waals surface area (Å²) in [5, 5.41) is 11.0. The molecule has 28 heavy (non-hydrogen) atoms. The molecule has 146 valence electrons. The first-order valence-electron chi connectivity index (χ1n) is 8.59. The van der Waals surface area contributed by atoms with Crippen LogP contribution < -0.4 is 10.5 Å². The molecule has 2 aromatic carbocycles. The van der Waals surface area contributed by atoms with E-state index in [4.69, 9.17) is 5.14 Å². The molecule has 3 rings (SSSR count). The quantitative estimate of drug-likeness (QED) is 0.665. The molecule has 3 N–H and O–H groups in total.